The lowest BCUT2D eigenvalue weighted by molar-refractivity contribution is -0.149. The van der Waals surface area contributed by atoms with Crippen molar-refractivity contribution in [3.63, 3.8) is 0 Å². The van der Waals surface area contributed by atoms with Crippen LogP contribution in [-0.2, 0) is 16.0 Å². The smallest absolute Gasteiger partial charge is 0.170 e. The lowest BCUT2D eigenvalue weighted by atomic mass is 9.76. The zero-order chi connectivity index (χ0) is 13.7. The number of pyridine rings is 1. The van der Waals surface area contributed by atoms with E-state index in [1.54, 1.807) is 6.20 Å². The van der Waals surface area contributed by atoms with Crippen LogP contribution in [0.2, 0.25) is 0 Å². The van der Waals surface area contributed by atoms with Crippen LogP contribution >= 0.6 is 0 Å². The summed E-state index contributed by atoms with van der Waals surface area (Å²) in [6, 6.07) is 5.70. The number of carbonyl (C=O) groups excluding carboxylic acids is 1. The molecule has 2 rings (SSSR count). The lowest BCUT2D eigenvalue weighted by Gasteiger charge is -2.37. The Morgan fingerprint density at radius 2 is 2.16 bits per heavy atom. The van der Waals surface area contributed by atoms with Crippen LogP contribution in [0, 0.1) is 5.92 Å². The molecule has 0 spiro atoms. The van der Waals surface area contributed by atoms with Gasteiger partial charge in [-0.1, -0.05) is 13.0 Å². The van der Waals surface area contributed by atoms with Gasteiger partial charge in [-0.25, -0.2) is 0 Å². The molecule has 0 N–H and O–H groups in total. The highest BCUT2D eigenvalue weighted by molar-refractivity contribution is 5.89. The third-order valence-corrected chi connectivity index (χ3v) is 4.08. The van der Waals surface area contributed by atoms with Gasteiger partial charge in [-0.15, -0.1) is 0 Å². The first kappa shape index (κ1) is 14.2. The number of ether oxygens (including phenoxy) is 1. The molecular formula is C16H23NO2. The fraction of sp³-hybridized carbons (Fsp3) is 0.625. The highest BCUT2D eigenvalue weighted by Gasteiger charge is 2.41. The minimum Gasteiger partial charge on any atom is -0.367 e. The first-order valence-corrected chi connectivity index (χ1v) is 7.23. The molecule has 3 heteroatoms. The Hall–Kier alpha value is -1.22. The normalized spacial score (nSPS) is 27.2. The summed E-state index contributed by atoms with van der Waals surface area (Å²) in [4.78, 5) is 16.9. The van der Waals surface area contributed by atoms with Gasteiger partial charge in [-0.2, -0.15) is 0 Å². The summed E-state index contributed by atoms with van der Waals surface area (Å²) < 4.78 is 5.88. The Bertz CT molecular complexity index is 408. The minimum absolute atomic E-state index is 0.194. The average molecular weight is 261 g/mol. The van der Waals surface area contributed by atoms with Crippen molar-refractivity contribution in [3.8, 4) is 0 Å². The molecule has 0 unspecified atom stereocenters. The van der Waals surface area contributed by atoms with E-state index >= 15 is 0 Å². The third-order valence-electron chi connectivity index (χ3n) is 4.08. The molecule has 3 nitrogen and oxygen atoms in total. The average Bonchev–Trinajstić information content (AvgIpc) is 2.43. The second-order valence-corrected chi connectivity index (χ2v) is 5.53. The molecule has 1 aromatic rings. The largest absolute Gasteiger partial charge is 0.367 e. The first-order valence-electron chi connectivity index (χ1n) is 7.23. The Morgan fingerprint density at radius 3 is 2.74 bits per heavy atom. The fourth-order valence-corrected chi connectivity index (χ4v) is 2.84. The standard InChI is InChI=1S/C16H23NO2/c1-3-19-16(9-7-13(2)8-10-16)15(18)12-14-6-4-5-11-17-14/h4-6,11,13H,3,7-10,12H2,1-2H3. The maximum atomic E-state index is 12.6. The molecule has 1 aliphatic rings. The van der Waals surface area contributed by atoms with Gasteiger partial charge in [0.1, 0.15) is 5.60 Å². The monoisotopic (exact) mass is 261 g/mol. The molecule has 104 valence electrons. The van der Waals surface area contributed by atoms with Crippen LogP contribution in [0.1, 0.15) is 45.2 Å². The molecule has 19 heavy (non-hydrogen) atoms. The van der Waals surface area contributed by atoms with Crippen LogP contribution < -0.4 is 0 Å². The quantitative estimate of drug-likeness (QED) is 0.817. The number of carbonyl (C=O) groups is 1. The maximum absolute atomic E-state index is 12.6. The molecule has 0 aliphatic heterocycles. The summed E-state index contributed by atoms with van der Waals surface area (Å²) in [5.74, 6) is 0.899. The van der Waals surface area contributed by atoms with E-state index in [2.05, 4.69) is 11.9 Å². The molecule has 1 saturated carbocycles. The van der Waals surface area contributed by atoms with Crippen molar-refractivity contribution in [1.29, 1.82) is 0 Å². The van der Waals surface area contributed by atoms with Crippen molar-refractivity contribution in [1.82, 2.24) is 4.98 Å². The molecule has 1 aliphatic carbocycles. The van der Waals surface area contributed by atoms with Crippen molar-refractivity contribution in [2.75, 3.05) is 6.61 Å². The van der Waals surface area contributed by atoms with Crippen LogP contribution in [-0.4, -0.2) is 23.0 Å². The molecule has 0 saturated heterocycles. The highest BCUT2D eigenvalue weighted by atomic mass is 16.5. The van der Waals surface area contributed by atoms with E-state index in [0.717, 1.165) is 31.4 Å². The second kappa shape index (κ2) is 6.29. The summed E-state index contributed by atoms with van der Waals surface area (Å²) in [6.45, 7) is 4.81. The molecule has 1 aromatic heterocycles. The van der Waals surface area contributed by atoms with Crippen molar-refractivity contribution >= 4 is 5.78 Å². The molecular weight excluding hydrogens is 238 g/mol. The van der Waals surface area contributed by atoms with Crippen molar-refractivity contribution in [2.45, 2.75) is 51.6 Å². The Balaban J connectivity index is 2.08. The Kier molecular flexibility index (Phi) is 4.70. The van der Waals surface area contributed by atoms with E-state index in [4.69, 9.17) is 4.74 Å². The summed E-state index contributed by atoms with van der Waals surface area (Å²) in [6.07, 6.45) is 5.98. The van der Waals surface area contributed by atoms with Crippen LogP contribution in [0.5, 0.6) is 0 Å². The number of aromatic nitrogens is 1. The Morgan fingerprint density at radius 1 is 1.42 bits per heavy atom. The van der Waals surface area contributed by atoms with Crippen LogP contribution in [0.3, 0.4) is 0 Å². The number of nitrogens with zero attached hydrogens (tertiary/aromatic N) is 1. The first-order chi connectivity index (χ1) is 9.16. The van der Waals surface area contributed by atoms with Crippen molar-refractivity contribution < 1.29 is 9.53 Å². The number of rotatable bonds is 5. The number of hydrogen-bond acceptors (Lipinski definition) is 3. The molecule has 1 fully saturated rings. The van der Waals surface area contributed by atoms with Crippen LogP contribution in [0.4, 0.5) is 0 Å². The zero-order valence-electron chi connectivity index (χ0n) is 11.9. The van der Waals surface area contributed by atoms with Crippen molar-refractivity contribution in [3.05, 3.63) is 30.1 Å². The van der Waals surface area contributed by atoms with Gasteiger partial charge in [0.15, 0.2) is 5.78 Å². The van der Waals surface area contributed by atoms with Gasteiger partial charge in [-0.3, -0.25) is 9.78 Å². The van der Waals surface area contributed by atoms with Crippen LogP contribution in [0.25, 0.3) is 0 Å². The molecule has 0 bridgehead atoms. The summed E-state index contributed by atoms with van der Waals surface area (Å²) in [5, 5.41) is 0. The molecule has 0 aromatic carbocycles. The minimum atomic E-state index is -0.557. The van der Waals surface area contributed by atoms with Gasteiger partial charge in [0, 0.05) is 18.5 Å². The third kappa shape index (κ3) is 3.41. The highest BCUT2D eigenvalue weighted by Crippen LogP contribution is 2.36. The Labute approximate surface area is 115 Å². The summed E-state index contributed by atoms with van der Waals surface area (Å²) in [5.41, 5.74) is 0.281. The van der Waals surface area contributed by atoms with E-state index in [-0.39, 0.29) is 5.78 Å². The number of Topliss-reactive ketones (excluding diaryl/α,β-unsaturated/α-hetero) is 1. The van der Waals surface area contributed by atoms with Gasteiger partial charge in [0.05, 0.1) is 6.42 Å². The van der Waals surface area contributed by atoms with Crippen molar-refractivity contribution in [2.24, 2.45) is 5.92 Å². The van der Waals surface area contributed by atoms with Gasteiger partial charge >= 0.3 is 0 Å². The topological polar surface area (TPSA) is 39.2 Å². The molecule has 1 heterocycles. The van der Waals surface area contributed by atoms with Crippen LogP contribution in [0.15, 0.2) is 24.4 Å². The second-order valence-electron chi connectivity index (χ2n) is 5.53. The van der Waals surface area contributed by atoms with E-state index in [0.29, 0.717) is 18.9 Å². The van der Waals surface area contributed by atoms with E-state index in [9.17, 15) is 4.79 Å². The predicted octanol–water partition coefficient (Wildman–Crippen LogP) is 3.18. The summed E-state index contributed by atoms with van der Waals surface area (Å²) in [7, 11) is 0. The molecule has 0 atom stereocenters. The SMILES string of the molecule is CCOC1(C(=O)Cc2ccccn2)CCC(C)CC1. The number of ketones is 1. The van der Waals surface area contributed by atoms with E-state index in [1.165, 1.54) is 0 Å². The maximum Gasteiger partial charge on any atom is 0.170 e. The van der Waals surface area contributed by atoms with Gasteiger partial charge in [0.2, 0.25) is 0 Å². The molecule has 0 radical (unpaired) electrons. The van der Waals surface area contributed by atoms with Gasteiger partial charge in [0.25, 0.3) is 0 Å². The predicted molar refractivity (Wildman–Crippen MR) is 74.9 cm³/mol. The number of hydrogen-bond donors (Lipinski definition) is 0. The zero-order valence-corrected chi connectivity index (χ0v) is 11.9. The fourth-order valence-electron chi connectivity index (χ4n) is 2.84. The van der Waals surface area contributed by atoms with E-state index in [1.807, 2.05) is 25.1 Å². The van der Waals surface area contributed by atoms with E-state index < -0.39 is 5.60 Å². The molecule has 0 amide bonds. The summed E-state index contributed by atoms with van der Waals surface area (Å²) >= 11 is 0. The van der Waals surface area contributed by atoms with Gasteiger partial charge < -0.3 is 4.74 Å². The van der Waals surface area contributed by atoms with Gasteiger partial charge in [-0.05, 0) is 50.7 Å². The lowest BCUT2D eigenvalue weighted by Crippen LogP contribution is -2.45.